The van der Waals surface area contributed by atoms with E-state index in [0.29, 0.717) is 19.4 Å². The maximum Gasteiger partial charge on any atom is 0.242 e. The molecule has 19 heavy (non-hydrogen) atoms. The van der Waals surface area contributed by atoms with Crippen molar-refractivity contribution in [3.63, 3.8) is 0 Å². The third kappa shape index (κ3) is 3.10. The highest BCUT2D eigenvalue weighted by Gasteiger charge is 2.36. The Balaban J connectivity index is 2.14. The Labute approximate surface area is 111 Å². The summed E-state index contributed by atoms with van der Waals surface area (Å²) in [5.74, 6) is -1.03. The first-order valence-electron chi connectivity index (χ1n) is 5.92. The van der Waals surface area contributed by atoms with Gasteiger partial charge in [0.1, 0.15) is 11.9 Å². The summed E-state index contributed by atoms with van der Waals surface area (Å²) in [6.07, 6.45) is 2.15. The van der Waals surface area contributed by atoms with Gasteiger partial charge in [-0.05, 0) is 25.0 Å². The molecule has 5 nitrogen and oxygen atoms in total. The molecule has 1 N–H and O–H groups in total. The van der Waals surface area contributed by atoms with Gasteiger partial charge >= 0.3 is 0 Å². The number of carbonyl (C=O) groups excluding carboxylic acids is 1. The highest BCUT2D eigenvalue weighted by atomic mass is 32.2. The zero-order chi connectivity index (χ0) is 14.0. The van der Waals surface area contributed by atoms with E-state index in [9.17, 15) is 17.6 Å². The van der Waals surface area contributed by atoms with Gasteiger partial charge in [0.15, 0.2) is 0 Å². The third-order valence-electron chi connectivity index (χ3n) is 3.06. The molecule has 1 saturated heterocycles. The van der Waals surface area contributed by atoms with Crippen LogP contribution in [0.2, 0.25) is 0 Å². The monoisotopic (exact) mass is 286 g/mol. The van der Waals surface area contributed by atoms with E-state index in [1.807, 2.05) is 0 Å². The van der Waals surface area contributed by atoms with E-state index in [2.05, 4.69) is 5.32 Å². The Bertz CT molecular complexity index is 588. The Hall–Kier alpha value is -1.47. The second-order valence-electron chi connectivity index (χ2n) is 4.50. The Morgan fingerprint density at radius 1 is 1.42 bits per heavy atom. The SMILES string of the molecule is CS(=O)(=O)N1CCC[C@@H]1C(=O)Nc1ccccc1F. The summed E-state index contributed by atoms with van der Waals surface area (Å²) in [5, 5.41) is 2.43. The molecule has 104 valence electrons. The minimum atomic E-state index is -3.42. The molecule has 0 aliphatic carbocycles. The van der Waals surface area contributed by atoms with Crippen molar-refractivity contribution < 1.29 is 17.6 Å². The number of rotatable bonds is 3. The lowest BCUT2D eigenvalue weighted by atomic mass is 10.2. The van der Waals surface area contributed by atoms with Crippen LogP contribution < -0.4 is 5.32 Å². The molecule has 0 bridgehead atoms. The normalized spacial score (nSPS) is 20.4. The number of carbonyl (C=O) groups is 1. The van der Waals surface area contributed by atoms with Crippen molar-refractivity contribution in [1.82, 2.24) is 4.31 Å². The second kappa shape index (κ2) is 5.26. The Kier molecular flexibility index (Phi) is 3.86. The summed E-state index contributed by atoms with van der Waals surface area (Å²) in [4.78, 5) is 12.0. The number of anilines is 1. The fraction of sp³-hybridized carbons (Fsp3) is 0.417. The zero-order valence-electron chi connectivity index (χ0n) is 10.5. The minimum Gasteiger partial charge on any atom is -0.322 e. The number of sulfonamides is 1. The van der Waals surface area contributed by atoms with Gasteiger partial charge in [-0.1, -0.05) is 12.1 Å². The molecule has 0 unspecified atom stereocenters. The van der Waals surface area contributed by atoms with Crippen LogP contribution in [0.3, 0.4) is 0 Å². The molecule has 1 fully saturated rings. The Morgan fingerprint density at radius 2 is 2.11 bits per heavy atom. The number of hydrogen-bond donors (Lipinski definition) is 1. The van der Waals surface area contributed by atoms with Crippen LogP contribution in [0.4, 0.5) is 10.1 Å². The number of halogens is 1. The standard InChI is InChI=1S/C12H15FN2O3S/c1-19(17,18)15-8-4-7-11(15)12(16)14-10-6-3-2-5-9(10)13/h2-3,5-6,11H,4,7-8H2,1H3,(H,14,16)/t11-/m1/s1. The third-order valence-corrected chi connectivity index (χ3v) is 4.35. The molecule has 0 spiro atoms. The van der Waals surface area contributed by atoms with E-state index in [0.717, 1.165) is 10.6 Å². The number of nitrogens with one attached hydrogen (secondary N) is 1. The zero-order valence-corrected chi connectivity index (χ0v) is 11.3. The van der Waals surface area contributed by atoms with Gasteiger partial charge in [0, 0.05) is 6.54 Å². The van der Waals surface area contributed by atoms with Gasteiger partial charge in [0.25, 0.3) is 0 Å². The van der Waals surface area contributed by atoms with E-state index in [1.54, 1.807) is 6.07 Å². The van der Waals surface area contributed by atoms with Crippen LogP contribution in [-0.4, -0.2) is 37.5 Å². The van der Waals surface area contributed by atoms with E-state index in [-0.39, 0.29) is 5.69 Å². The first kappa shape index (κ1) is 14.0. The number of nitrogens with zero attached hydrogens (tertiary/aromatic N) is 1. The lowest BCUT2D eigenvalue weighted by Crippen LogP contribution is -2.42. The topological polar surface area (TPSA) is 66.5 Å². The number of hydrogen-bond acceptors (Lipinski definition) is 3. The molecule has 1 aromatic rings. The van der Waals surface area contributed by atoms with Crippen LogP contribution in [-0.2, 0) is 14.8 Å². The molecule has 1 amide bonds. The number of benzene rings is 1. The molecule has 1 heterocycles. The van der Waals surface area contributed by atoms with E-state index >= 15 is 0 Å². The fourth-order valence-corrected chi connectivity index (χ4v) is 3.30. The van der Waals surface area contributed by atoms with Gasteiger partial charge < -0.3 is 5.32 Å². The maximum atomic E-state index is 13.4. The molecule has 7 heteroatoms. The minimum absolute atomic E-state index is 0.0628. The maximum absolute atomic E-state index is 13.4. The van der Waals surface area contributed by atoms with Gasteiger partial charge in [-0.3, -0.25) is 4.79 Å². The number of amides is 1. The van der Waals surface area contributed by atoms with Crippen LogP contribution in [0, 0.1) is 5.82 Å². The molecule has 1 aromatic carbocycles. The number of para-hydroxylation sites is 1. The highest BCUT2D eigenvalue weighted by Crippen LogP contribution is 2.22. The Morgan fingerprint density at radius 3 is 2.74 bits per heavy atom. The van der Waals surface area contributed by atoms with Crippen molar-refractivity contribution in [2.75, 3.05) is 18.1 Å². The van der Waals surface area contributed by atoms with Crippen molar-refractivity contribution in [2.45, 2.75) is 18.9 Å². The summed E-state index contributed by atoms with van der Waals surface area (Å²) < 4.78 is 37.7. The van der Waals surface area contributed by atoms with Crippen molar-refractivity contribution in [2.24, 2.45) is 0 Å². The van der Waals surface area contributed by atoms with E-state index in [4.69, 9.17) is 0 Å². The van der Waals surface area contributed by atoms with Crippen LogP contribution in [0.25, 0.3) is 0 Å². The molecule has 0 saturated carbocycles. The van der Waals surface area contributed by atoms with E-state index in [1.165, 1.54) is 18.2 Å². The molecule has 0 aromatic heterocycles. The fourth-order valence-electron chi connectivity index (χ4n) is 2.18. The van der Waals surface area contributed by atoms with E-state index < -0.39 is 27.8 Å². The van der Waals surface area contributed by atoms with Crippen molar-refractivity contribution in [3.8, 4) is 0 Å². The predicted octanol–water partition coefficient (Wildman–Crippen LogP) is 1.19. The smallest absolute Gasteiger partial charge is 0.242 e. The summed E-state index contributed by atoms with van der Waals surface area (Å²) in [7, 11) is -3.42. The predicted molar refractivity (Wildman–Crippen MR) is 69.6 cm³/mol. The average Bonchev–Trinajstić information content (AvgIpc) is 2.81. The first-order valence-corrected chi connectivity index (χ1v) is 7.76. The second-order valence-corrected chi connectivity index (χ2v) is 6.44. The van der Waals surface area contributed by atoms with Crippen LogP contribution in [0.5, 0.6) is 0 Å². The quantitative estimate of drug-likeness (QED) is 0.907. The van der Waals surface area contributed by atoms with Crippen LogP contribution in [0.15, 0.2) is 24.3 Å². The molecular formula is C12H15FN2O3S. The van der Waals surface area contributed by atoms with Gasteiger partial charge in [0.2, 0.25) is 15.9 Å². The summed E-state index contributed by atoms with van der Waals surface area (Å²) in [6.45, 7) is 0.328. The lowest BCUT2D eigenvalue weighted by Gasteiger charge is -2.21. The lowest BCUT2D eigenvalue weighted by molar-refractivity contribution is -0.119. The molecule has 2 rings (SSSR count). The largest absolute Gasteiger partial charge is 0.322 e. The molecule has 0 radical (unpaired) electrons. The molecule has 1 atom stereocenters. The molecular weight excluding hydrogens is 271 g/mol. The van der Waals surface area contributed by atoms with Gasteiger partial charge in [-0.15, -0.1) is 0 Å². The van der Waals surface area contributed by atoms with Gasteiger partial charge in [-0.25, -0.2) is 12.8 Å². The average molecular weight is 286 g/mol. The molecule has 1 aliphatic heterocycles. The van der Waals surface area contributed by atoms with Crippen molar-refractivity contribution in [1.29, 1.82) is 0 Å². The van der Waals surface area contributed by atoms with Gasteiger partial charge in [0.05, 0.1) is 11.9 Å². The van der Waals surface area contributed by atoms with Gasteiger partial charge in [-0.2, -0.15) is 4.31 Å². The molecule has 1 aliphatic rings. The van der Waals surface area contributed by atoms with Crippen LogP contribution in [0.1, 0.15) is 12.8 Å². The summed E-state index contributed by atoms with van der Waals surface area (Å²) in [5.41, 5.74) is 0.0628. The first-order chi connectivity index (χ1) is 8.89. The highest BCUT2D eigenvalue weighted by molar-refractivity contribution is 7.88. The van der Waals surface area contributed by atoms with Crippen molar-refractivity contribution in [3.05, 3.63) is 30.1 Å². The van der Waals surface area contributed by atoms with Crippen molar-refractivity contribution >= 4 is 21.6 Å². The summed E-state index contributed by atoms with van der Waals surface area (Å²) >= 11 is 0. The summed E-state index contributed by atoms with van der Waals surface area (Å²) in [6, 6.07) is 5.03. The van der Waals surface area contributed by atoms with Crippen LogP contribution >= 0.6 is 0 Å².